The highest BCUT2D eigenvalue weighted by molar-refractivity contribution is 6.18. The number of rotatable bonds is 5. The largest absolute Gasteiger partial charge is 0.368 e. The van der Waals surface area contributed by atoms with Crippen molar-refractivity contribution in [2.75, 3.05) is 12.5 Å². The number of ether oxygens (including phenoxy) is 1. The van der Waals surface area contributed by atoms with Crippen LogP contribution in [0.2, 0.25) is 0 Å². The third-order valence-corrected chi connectivity index (χ3v) is 3.88. The molecule has 1 amide bonds. The molecule has 0 aromatic heterocycles. The summed E-state index contributed by atoms with van der Waals surface area (Å²) < 4.78 is 5.47. The first-order valence-corrected chi connectivity index (χ1v) is 7.26. The first kappa shape index (κ1) is 14.4. The van der Waals surface area contributed by atoms with E-state index in [9.17, 15) is 4.79 Å². The fourth-order valence-corrected chi connectivity index (χ4v) is 2.54. The maximum atomic E-state index is 12.1. The number of benzene rings is 1. The van der Waals surface area contributed by atoms with Crippen molar-refractivity contribution in [3.05, 3.63) is 35.9 Å². The van der Waals surface area contributed by atoms with Crippen molar-refractivity contribution in [3.63, 3.8) is 0 Å². The molecular formula is C15H20ClNO2. The van der Waals surface area contributed by atoms with Crippen molar-refractivity contribution in [1.29, 1.82) is 0 Å². The maximum absolute atomic E-state index is 12.1. The zero-order chi connectivity index (χ0) is 13.7. The van der Waals surface area contributed by atoms with E-state index in [-0.39, 0.29) is 24.0 Å². The molecule has 1 aliphatic heterocycles. The van der Waals surface area contributed by atoms with Crippen LogP contribution in [0, 0.1) is 5.92 Å². The van der Waals surface area contributed by atoms with Gasteiger partial charge in [0.05, 0.1) is 0 Å². The maximum Gasteiger partial charge on any atom is 0.249 e. The Kier molecular flexibility index (Phi) is 5.23. The van der Waals surface area contributed by atoms with Crippen LogP contribution in [0.1, 0.15) is 18.9 Å². The molecule has 0 aliphatic carbocycles. The number of carbonyl (C=O) groups excluding carboxylic acids is 1. The van der Waals surface area contributed by atoms with Crippen LogP contribution in [-0.4, -0.2) is 30.5 Å². The van der Waals surface area contributed by atoms with E-state index in [1.807, 2.05) is 37.3 Å². The Morgan fingerprint density at radius 3 is 2.79 bits per heavy atom. The highest BCUT2D eigenvalue weighted by atomic mass is 35.5. The minimum atomic E-state index is -0.318. The second-order valence-corrected chi connectivity index (χ2v) is 5.42. The third-order valence-electron chi connectivity index (χ3n) is 3.50. The van der Waals surface area contributed by atoms with Crippen LogP contribution in [0.4, 0.5) is 0 Å². The standard InChI is InChI=1S/C15H20ClNO2/c1-11-7-8-19-14(11)15(18)17-13(10-16)9-12-5-3-2-4-6-12/h2-6,11,13-14H,7-10H2,1H3,(H,17,18). The van der Waals surface area contributed by atoms with E-state index in [1.54, 1.807) is 0 Å². The first-order chi connectivity index (χ1) is 9.20. The van der Waals surface area contributed by atoms with Gasteiger partial charge in [0.1, 0.15) is 6.10 Å². The number of alkyl halides is 1. The minimum Gasteiger partial charge on any atom is -0.368 e. The quantitative estimate of drug-likeness (QED) is 0.842. The summed E-state index contributed by atoms with van der Waals surface area (Å²) in [6.45, 7) is 2.72. The lowest BCUT2D eigenvalue weighted by molar-refractivity contribution is -0.132. The minimum absolute atomic E-state index is 0.0356. The molecule has 0 saturated carbocycles. The van der Waals surface area contributed by atoms with Gasteiger partial charge in [-0.1, -0.05) is 37.3 Å². The van der Waals surface area contributed by atoms with Gasteiger partial charge in [-0.05, 0) is 24.3 Å². The molecule has 1 fully saturated rings. The Labute approximate surface area is 119 Å². The Bertz CT molecular complexity index is 410. The van der Waals surface area contributed by atoms with Crippen LogP contribution < -0.4 is 5.32 Å². The molecule has 4 heteroatoms. The monoisotopic (exact) mass is 281 g/mol. The molecule has 3 unspecified atom stereocenters. The summed E-state index contributed by atoms with van der Waals surface area (Å²) >= 11 is 5.95. The number of halogens is 1. The Morgan fingerprint density at radius 1 is 1.47 bits per heavy atom. The average molecular weight is 282 g/mol. The van der Waals surface area contributed by atoms with Crippen LogP contribution in [0.15, 0.2) is 30.3 Å². The Balaban J connectivity index is 1.90. The molecule has 1 aromatic rings. The summed E-state index contributed by atoms with van der Waals surface area (Å²) in [4.78, 5) is 12.1. The second kappa shape index (κ2) is 6.92. The molecule has 1 saturated heterocycles. The van der Waals surface area contributed by atoms with Gasteiger partial charge in [-0.25, -0.2) is 0 Å². The molecule has 1 aliphatic rings. The zero-order valence-electron chi connectivity index (χ0n) is 11.1. The van der Waals surface area contributed by atoms with Gasteiger partial charge in [-0.2, -0.15) is 0 Å². The van der Waals surface area contributed by atoms with Gasteiger partial charge in [0.15, 0.2) is 0 Å². The second-order valence-electron chi connectivity index (χ2n) is 5.11. The number of hydrogen-bond acceptors (Lipinski definition) is 2. The van der Waals surface area contributed by atoms with E-state index in [0.717, 1.165) is 12.8 Å². The van der Waals surface area contributed by atoms with Crippen LogP contribution >= 0.6 is 11.6 Å². The van der Waals surface area contributed by atoms with Gasteiger partial charge in [0, 0.05) is 18.5 Å². The fraction of sp³-hybridized carbons (Fsp3) is 0.533. The van der Waals surface area contributed by atoms with Crippen molar-refractivity contribution in [1.82, 2.24) is 5.32 Å². The molecule has 1 aromatic carbocycles. The summed E-state index contributed by atoms with van der Waals surface area (Å²) in [6, 6.07) is 10.00. The van der Waals surface area contributed by atoms with Gasteiger partial charge < -0.3 is 10.1 Å². The van der Waals surface area contributed by atoms with E-state index in [1.165, 1.54) is 5.56 Å². The van der Waals surface area contributed by atoms with Crippen molar-refractivity contribution in [2.24, 2.45) is 5.92 Å². The Hall–Kier alpha value is -1.06. The van der Waals surface area contributed by atoms with Gasteiger partial charge in [0.2, 0.25) is 5.91 Å². The summed E-state index contributed by atoms with van der Waals surface area (Å²) in [5.41, 5.74) is 1.17. The van der Waals surface area contributed by atoms with E-state index in [0.29, 0.717) is 12.5 Å². The molecule has 3 nitrogen and oxygen atoms in total. The number of amides is 1. The molecule has 2 rings (SSSR count). The molecule has 104 valence electrons. The summed E-state index contributed by atoms with van der Waals surface area (Å²) in [5, 5.41) is 2.99. The van der Waals surface area contributed by atoms with Crippen LogP contribution in [-0.2, 0) is 16.0 Å². The highest BCUT2D eigenvalue weighted by Crippen LogP contribution is 2.20. The van der Waals surface area contributed by atoms with Crippen molar-refractivity contribution in [2.45, 2.75) is 31.9 Å². The smallest absolute Gasteiger partial charge is 0.249 e. The molecule has 19 heavy (non-hydrogen) atoms. The summed E-state index contributed by atoms with van der Waals surface area (Å²) in [5.74, 6) is 0.654. The average Bonchev–Trinajstić information content (AvgIpc) is 2.85. The lowest BCUT2D eigenvalue weighted by atomic mass is 10.0. The predicted octanol–water partition coefficient (Wildman–Crippen LogP) is 2.38. The van der Waals surface area contributed by atoms with Crippen LogP contribution in [0.3, 0.4) is 0 Å². The normalized spacial score (nSPS) is 24.1. The van der Waals surface area contributed by atoms with Crippen molar-refractivity contribution in [3.8, 4) is 0 Å². The van der Waals surface area contributed by atoms with Crippen molar-refractivity contribution >= 4 is 17.5 Å². The van der Waals surface area contributed by atoms with E-state index < -0.39 is 0 Å². The number of nitrogens with one attached hydrogen (secondary N) is 1. The number of hydrogen-bond donors (Lipinski definition) is 1. The lowest BCUT2D eigenvalue weighted by Gasteiger charge is -2.20. The molecule has 1 heterocycles. The Morgan fingerprint density at radius 2 is 2.21 bits per heavy atom. The predicted molar refractivity (Wildman–Crippen MR) is 76.3 cm³/mol. The first-order valence-electron chi connectivity index (χ1n) is 6.72. The summed E-state index contributed by atoms with van der Waals surface area (Å²) in [6.07, 6.45) is 1.38. The third kappa shape index (κ3) is 3.95. The van der Waals surface area contributed by atoms with E-state index in [2.05, 4.69) is 5.32 Å². The SMILES string of the molecule is CC1CCOC1C(=O)NC(CCl)Cc1ccccc1. The lowest BCUT2D eigenvalue weighted by Crippen LogP contribution is -2.44. The zero-order valence-corrected chi connectivity index (χ0v) is 11.9. The highest BCUT2D eigenvalue weighted by Gasteiger charge is 2.31. The van der Waals surface area contributed by atoms with Crippen LogP contribution in [0.5, 0.6) is 0 Å². The fourth-order valence-electron chi connectivity index (χ4n) is 2.36. The molecule has 3 atom stereocenters. The molecule has 0 radical (unpaired) electrons. The van der Waals surface area contributed by atoms with Gasteiger partial charge >= 0.3 is 0 Å². The molecule has 0 spiro atoms. The van der Waals surface area contributed by atoms with Gasteiger partial charge in [-0.15, -0.1) is 11.6 Å². The van der Waals surface area contributed by atoms with Gasteiger partial charge in [-0.3, -0.25) is 4.79 Å². The summed E-state index contributed by atoms with van der Waals surface area (Å²) in [7, 11) is 0. The van der Waals surface area contributed by atoms with Crippen molar-refractivity contribution < 1.29 is 9.53 Å². The molecule has 1 N–H and O–H groups in total. The van der Waals surface area contributed by atoms with E-state index >= 15 is 0 Å². The van der Waals surface area contributed by atoms with E-state index in [4.69, 9.17) is 16.3 Å². The molecular weight excluding hydrogens is 262 g/mol. The van der Waals surface area contributed by atoms with Gasteiger partial charge in [0.25, 0.3) is 0 Å². The van der Waals surface area contributed by atoms with Crippen LogP contribution in [0.25, 0.3) is 0 Å². The number of carbonyl (C=O) groups is 1. The topological polar surface area (TPSA) is 38.3 Å². The molecule has 0 bridgehead atoms.